The Hall–Kier alpha value is -2.85. The first kappa shape index (κ1) is 31.7. The van der Waals surface area contributed by atoms with Crippen molar-refractivity contribution in [3.63, 3.8) is 0 Å². The summed E-state index contributed by atoms with van der Waals surface area (Å²) in [5.41, 5.74) is 4.56. The standard InChI is InChI=1S/C34H40F3N7S2/c1-3-30-39-31(28-17-26(18-34(35,36)37)46-32(28)40-30)43-9-7-33(22-43)6-8-42(21-33)20-24-4-5-29-27(23(24)2)16-25(19-38)44(29)11-10-41-12-14-45-15-13-41/h4-5,16-17H,3,6-15,18,20-22H2,1-2H3. The number of likely N-dealkylation sites (tertiary alicyclic amines) is 1. The molecule has 7 nitrogen and oxygen atoms in total. The fraction of sp³-hybridized carbons (Fsp3) is 0.559. The van der Waals surface area contributed by atoms with Gasteiger partial charge >= 0.3 is 6.18 Å². The Balaban J connectivity index is 1.06. The highest BCUT2D eigenvalue weighted by molar-refractivity contribution is 7.99. The number of aryl methyl sites for hydroxylation is 2. The van der Waals surface area contributed by atoms with E-state index >= 15 is 0 Å². The van der Waals surface area contributed by atoms with Gasteiger partial charge in [0.05, 0.1) is 11.8 Å². The third-order valence-electron chi connectivity index (χ3n) is 10.1. The molecule has 1 unspecified atom stereocenters. The van der Waals surface area contributed by atoms with E-state index in [0.717, 1.165) is 105 Å². The van der Waals surface area contributed by atoms with Crippen molar-refractivity contribution in [3.8, 4) is 6.07 Å². The molecule has 3 aliphatic rings. The molecule has 0 bridgehead atoms. The van der Waals surface area contributed by atoms with E-state index in [1.165, 1.54) is 28.0 Å². The number of aromatic nitrogens is 3. The number of alkyl halides is 3. The van der Waals surface area contributed by atoms with Crippen molar-refractivity contribution in [2.24, 2.45) is 5.41 Å². The number of halogens is 3. The Morgan fingerprint density at radius 3 is 2.54 bits per heavy atom. The average Bonchev–Trinajstić information content (AvgIpc) is 3.82. The minimum Gasteiger partial charge on any atom is -0.355 e. The van der Waals surface area contributed by atoms with Crippen LogP contribution in [0, 0.1) is 23.7 Å². The summed E-state index contributed by atoms with van der Waals surface area (Å²) in [7, 11) is 0. The molecule has 12 heteroatoms. The first-order chi connectivity index (χ1) is 22.1. The van der Waals surface area contributed by atoms with Crippen LogP contribution in [0.1, 0.15) is 47.3 Å². The smallest absolute Gasteiger partial charge is 0.355 e. The molecule has 3 aromatic heterocycles. The predicted octanol–water partition coefficient (Wildman–Crippen LogP) is 6.64. The van der Waals surface area contributed by atoms with Crippen LogP contribution in [-0.4, -0.2) is 87.8 Å². The number of thiophene rings is 1. The maximum Gasteiger partial charge on any atom is 0.393 e. The van der Waals surface area contributed by atoms with Crippen LogP contribution in [0.2, 0.25) is 0 Å². The fourth-order valence-electron chi connectivity index (χ4n) is 7.63. The molecule has 0 aliphatic carbocycles. The van der Waals surface area contributed by atoms with E-state index in [0.29, 0.717) is 17.1 Å². The second-order valence-electron chi connectivity index (χ2n) is 13.2. The van der Waals surface area contributed by atoms with Crippen LogP contribution in [0.4, 0.5) is 19.0 Å². The van der Waals surface area contributed by atoms with Crippen LogP contribution >= 0.6 is 23.1 Å². The van der Waals surface area contributed by atoms with Gasteiger partial charge in [-0.25, -0.2) is 9.97 Å². The normalized spacial score (nSPS) is 21.3. The largest absolute Gasteiger partial charge is 0.393 e. The van der Waals surface area contributed by atoms with E-state index in [1.807, 2.05) is 18.7 Å². The third-order valence-corrected chi connectivity index (χ3v) is 12.1. The monoisotopic (exact) mass is 667 g/mol. The molecule has 1 aromatic carbocycles. The third kappa shape index (κ3) is 6.36. The Morgan fingerprint density at radius 1 is 0.978 bits per heavy atom. The van der Waals surface area contributed by atoms with Gasteiger partial charge in [-0.1, -0.05) is 13.0 Å². The highest BCUT2D eigenvalue weighted by Crippen LogP contribution is 2.44. The van der Waals surface area contributed by atoms with Crippen molar-refractivity contribution in [2.45, 2.75) is 58.8 Å². The molecule has 46 heavy (non-hydrogen) atoms. The average molecular weight is 668 g/mol. The van der Waals surface area contributed by atoms with Gasteiger partial charge in [-0.3, -0.25) is 9.80 Å². The Kier molecular flexibility index (Phi) is 8.72. The number of fused-ring (bicyclic) bond motifs is 2. The summed E-state index contributed by atoms with van der Waals surface area (Å²) in [5.74, 6) is 3.84. The summed E-state index contributed by atoms with van der Waals surface area (Å²) >= 11 is 3.15. The van der Waals surface area contributed by atoms with Gasteiger partial charge in [0.2, 0.25) is 0 Å². The van der Waals surface area contributed by atoms with E-state index in [2.05, 4.69) is 55.4 Å². The highest BCUT2D eigenvalue weighted by atomic mass is 32.2. The van der Waals surface area contributed by atoms with Gasteiger partial charge in [-0.05, 0) is 55.6 Å². The lowest BCUT2D eigenvalue weighted by Gasteiger charge is -2.26. The lowest BCUT2D eigenvalue weighted by molar-refractivity contribution is -0.126. The van der Waals surface area contributed by atoms with E-state index in [-0.39, 0.29) is 10.3 Å². The molecule has 244 valence electrons. The summed E-state index contributed by atoms with van der Waals surface area (Å²) in [6, 6.07) is 10.6. The second-order valence-corrected chi connectivity index (χ2v) is 15.5. The molecule has 0 amide bonds. The molecule has 6 heterocycles. The topological polar surface area (TPSA) is 64.2 Å². The van der Waals surface area contributed by atoms with Gasteiger partial charge < -0.3 is 9.47 Å². The van der Waals surface area contributed by atoms with Gasteiger partial charge in [0.1, 0.15) is 28.2 Å². The van der Waals surface area contributed by atoms with Gasteiger partial charge in [0, 0.05) is 91.5 Å². The summed E-state index contributed by atoms with van der Waals surface area (Å²) in [4.78, 5) is 17.7. The van der Waals surface area contributed by atoms with Crippen LogP contribution in [-0.2, 0) is 25.9 Å². The number of rotatable bonds is 8. The van der Waals surface area contributed by atoms with Gasteiger partial charge in [-0.2, -0.15) is 30.2 Å². The number of anilines is 1. The number of nitrogens with zero attached hydrogens (tertiary/aromatic N) is 7. The summed E-state index contributed by atoms with van der Waals surface area (Å²) in [5, 5.41) is 11.9. The first-order valence-corrected chi connectivity index (χ1v) is 18.3. The predicted molar refractivity (Wildman–Crippen MR) is 181 cm³/mol. The van der Waals surface area contributed by atoms with Gasteiger partial charge in [0.15, 0.2) is 0 Å². The molecule has 4 aromatic rings. The molecular weight excluding hydrogens is 628 g/mol. The van der Waals surface area contributed by atoms with Crippen molar-refractivity contribution in [1.29, 1.82) is 5.26 Å². The number of benzene rings is 1. The van der Waals surface area contributed by atoms with Crippen molar-refractivity contribution in [2.75, 3.05) is 62.2 Å². The fourth-order valence-corrected chi connectivity index (χ4v) is 9.68. The Bertz CT molecular complexity index is 1790. The lowest BCUT2D eigenvalue weighted by Crippen LogP contribution is -2.35. The van der Waals surface area contributed by atoms with E-state index in [9.17, 15) is 18.4 Å². The molecule has 0 radical (unpaired) electrons. The maximum absolute atomic E-state index is 13.2. The second kappa shape index (κ2) is 12.6. The van der Waals surface area contributed by atoms with Gasteiger partial charge in [0.25, 0.3) is 0 Å². The molecule has 3 aliphatic heterocycles. The molecular formula is C34H40F3N7S2. The van der Waals surface area contributed by atoms with Crippen molar-refractivity contribution in [1.82, 2.24) is 24.3 Å². The Morgan fingerprint density at radius 2 is 1.78 bits per heavy atom. The van der Waals surface area contributed by atoms with E-state index in [4.69, 9.17) is 4.98 Å². The molecule has 0 N–H and O–H groups in total. The zero-order valence-corrected chi connectivity index (χ0v) is 28.1. The van der Waals surface area contributed by atoms with Crippen molar-refractivity contribution >= 4 is 50.0 Å². The minimum absolute atomic E-state index is 0.136. The molecule has 1 atom stereocenters. The van der Waals surface area contributed by atoms with Crippen LogP contribution in [0.3, 0.4) is 0 Å². The summed E-state index contributed by atoms with van der Waals surface area (Å²) in [6.45, 7) is 12.8. The van der Waals surface area contributed by atoms with Crippen molar-refractivity contribution < 1.29 is 13.2 Å². The zero-order valence-electron chi connectivity index (χ0n) is 26.5. The molecule has 7 rings (SSSR count). The highest BCUT2D eigenvalue weighted by Gasteiger charge is 2.44. The van der Waals surface area contributed by atoms with E-state index in [1.54, 1.807) is 6.07 Å². The maximum atomic E-state index is 13.2. The molecule has 0 saturated carbocycles. The number of nitriles is 1. The molecule has 3 saturated heterocycles. The minimum atomic E-state index is -4.25. The van der Waals surface area contributed by atoms with Crippen LogP contribution in [0.5, 0.6) is 0 Å². The summed E-state index contributed by atoms with van der Waals surface area (Å²) in [6.07, 6.45) is -2.41. The molecule has 1 spiro atoms. The van der Waals surface area contributed by atoms with Crippen molar-refractivity contribution in [3.05, 3.63) is 51.8 Å². The van der Waals surface area contributed by atoms with Gasteiger partial charge in [-0.15, -0.1) is 11.3 Å². The van der Waals surface area contributed by atoms with Crippen LogP contribution in [0.15, 0.2) is 24.3 Å². The summed E-state index contributed by atoms with van der Waals surface area (Å²) < 4.78 is 41.7. The van der Waals surface area contributed by atoms with Crippen LogP contribution in [0.25, 0.3) is 21.1 Å². The SMILES string of the molecule is CCc1nc(N2CCC3(CCN(Cc4ccc5c(cc(C#N)n5CCN5CCSCC5)c4C)C3)C2)c2cc(CC(F)(F)F)sc2n1. The first-order valence-electron chi connectivity index (χ1n) is 16.3. The lowest BCUT2D eigenvalue weighted by atomic mass is 9.86. The number of hydrogen-bond donors (Lipinski definition) is 0. The molecule has 3 fully saturated rings. The zero-order chi connectivity index (χ0) is 32.1. The quantitative estimate of drug-likeness (QED) is 0.209. The number of hydrogen-bond acceptors (Lipinski definition) is 8. The van der Waals surface area contributed by atoms with Crippen LogP contribution < -0.4 is 4.90 Å². The Labute approximate surface area is 276 Å². The van der Waals surface area contributed by atoms with E-state index < -0.39 is 12.6 Å². The number of thioether (sulfide) groups is 1.